The standard InChI is InChI=1S/C18H11F3N.C11H8N.Ir/c1-11-7-8-22-18(16(11)12-5-3-2-4-6-12)14-9-13(19)10-15(20)17(14)21;1-2-6-10(7-3-1)11-8-4-5-9-12-11;/h2-8,10H,1H3;1-6,8-9H;/q2*-1;. The topological polar surface area (TPSA) is 25.8 Å². The van der Waals surface area contributed by atoms with E-state index in [0.29, 0.717) is 11.6 Å². The number of aryl methyl sites for hydroxylation is 1. The van der Waals surface area contributed by atoms with Crippen molar-refractivity contribution >= 4 is 0 Å². The Bertz CT molecular complexity index is 1340. The van der Waals surface area contributed by atoms with Crippen LogP contribution in [0.25, 0.3) is 33.6 Å². The molecule has 5 aromatic rings. The molecule has 0 N–H and O–H groups in total. The minimum atomic E-state index is -1.26. The van der Waals surface area contributed by atoms with Gasteiger partial charge in [-0.05, 0) is 47.1 Å². The van der Waals surface area contributed by atoms with Crippen LogP contribution in [0.4, 0.5) is 13.2 Å². The molecule has 0 saturated carbocycles. The summed E-state index contributed by atoms with van der Waals surface area (Å²) in [5, 5.41) is 0. The van der Waals surface area contributed by atoms with E-state index >= 15 is 0 Å². The number of hydrogen-bond acceptors (Lipinski definition) is 2. The molecule has 2 heterocycles. The SMILES string of the molecule is Cc1ccnc(-c2[c-]c(F)cc(F)c2F)c1-c1ccccc1.[Ir].[c-]1ccccc1-c1ccccn1. The zero-order valence-electron chi connectivity index (χ0n) is 18.6. The average Bonchev–Trinajstić information content (AvgIpc) is 2.88. The maximum absolute atomic E-state index is 14.1. The van der Waals surface area contributed by atoms with E-state index in [2.05, 4.69) is 22.1 Å². The van der Waals surface area contributed by atoms with Crippen molar-refractivity contribution in [1.29, 1.82) is 0 Å². The number of rotatable bonds is 3. The predicted molar refractivity (Wildman–Crippen MR) is 127 cm³/mol. The Kier molecular flexibility index (Phi) is 9.07. The Labute approximate surface area is 215 Å². The van der Waals surface area contributed by atoms with Crippen molar-refractivity contribution < 1.29 is 33.3 Å². The summed E-state index contributed by atoms with van der Waals surface area (Å²) in [4.78, 5) is 8.34. The van der Waals surface area contributed by atoms with Crippen LogP contribution in [0.15, 0.2) is 97.3 Å². The summed E-state index contributed by atoms with van der Waals surface area (Å²) in [7, 11) is 0. The molecule has 0 fully saturated rings. The van der Waals surface area contributed by atoms with Crippen LogP contribution in [0.1, 0.15) is 5.56 Å². The molecule has 5 rings (SSSR count). The van der Waals surface area contributed by atoms with Crippen LogP contribution in [-0.4, -0.2) is 9.97 Å². The van der Waals surface area contributed by atoms with Gasteiger partial charge in [-0.15, -0.1) is 42.0 Å². The fourth-order valence-electron chi connectivity index (χ4n) is 3.46. The monoisotopic (exact) mass is 645 g/mol. The first kappa shape index (κ1) is 26.0. The summed E-state index contributed by atoms with van der Waals surface area (Å²) >= 11 is 0. The van der Waals surface area contributed by atoms with Crippen LogP contribution < -0.4 is 0 Å². The fraction of sp³-hybridized carbons (Fsp3) is 0.0345. The Balaban J connectivity index is 0.000000223. The van der Waals surface area contributed by atoms with E-state index in [0.717, 1.165) is 22.4 Å². The minimum Gasteiger partial charge on any atom is -0.305 e. The van der Waals surface area contributed by atoms with Crippen molar-refractivity contribution in [2.75, 3.05) is 0 Å². The van der Waals surface area contributed by atoms with Crippen molar-refractivity contribution in [2.45, 2.75) is 6.92 Å². The largest absolute Gasteiger partial charge is 0.305 e. The third kappa shape index (κ3) is 6.30. The molecule has 6 heteroatoms. The number of halogens is 3. The van der Waals surface area contributed by atoms with Gasteiger partial charge in [0.15, 0.2) is 0 Å². The first-order valence-electron chi connectivity index (χ1n) is 10.5. The van der Waals surface area contributed by atoms with Crippen molar-refractivity contribution in [3.63, 3.8) is 0 Å². The maximum Gasteiger partial charge on any atom is 0.0792 e. The Morgan fingerprint density at radius 1 is 0.771 bits per heavy atom. The smallest absolute Gasteiger partial charge is 0.0792 e. The molecule has 0 spiro atoms. The van der Waals surface area contributed by atoms with Crippen molar-refractivity contribution in [3.8, 4) is 33.6 Å². The molecule has 3 aromatic carbocycles. The van der Waals surface area contributed by atoms with Gasteiger partial charge in [0.1, 0.15) is 0 Å². The molecule has 0 aliphatic rings. The zero-order chi connectivity index (χ0) is 23.9. The van der Waals surface area contributed by atoms with Gasteiger partial charge in [-0.2, -0.15) is 0 Å². The van der Waals surface area contributed by atoms with Crippen molar-refractivity contribution in [2.24, 2.45) is 0 Å². The molecule has 177 valence electrons. The molecular formula is C29H19F3IrN2-2. The second kappa shape index (κ2) is 12.2. The van der Waals surface area contributed by atoms with Crippen LogP contribution >= 0.6 is 0 Å². The van der Waals surface area contributed by atoms with Gasteiger partial charge in [0.05, 0.1) is 11.6 Å². The molecule has 0 aliphatic carbocycles. The van der Waals surface area contributed by atoms with Gasteiger partial charge in [-0.25, -0.2) is 8.78 Å². The third-order valence-corrected chi connectivity index (χ3v) is 5.04. The first-order chi connectivity index (χ1) is 16.5. The van der Waals surface area contributed by atoms with Gasteiger partial charge in [0.25, 0.3) is 0 Å². The van der Waals surface area contributed by atoms with E-state index in [9.17, 15) is 13.2 Å². The summed E-state index contributed by atoms with van der Waals surface area (Å²) in [6.45, 7) is 1.83. The van der Waals surface area contributed by atoms with Gasteiger partial charge in [-0.1, -0.05) is 54.1 Å². The second-order valence-corrected chi connectivity index (χ2v) is 7.36. The van der Waals surface area contributed by atoms with Gasteiger partial charge in [0.2, 0.25) is 0 Å². The molecule has 0 atom stereocenters. The average molecular weight is 645 g/mol. The van der Waals surface area contributed by atoms with Crippen LogP contribution in [0.3, 0.4) is 0 Å². The maximum atomic E-state index is 14.1. The predicted octanol–water partition coefficient (Wildman–Crippen LogP) is 7.49. The van der Waals surface area contributed by atoms with Gasteiger partial charge in [0, 0.05) is 38.3 Å². The van der Waals surface area contributed by atoms with Gasteiger partial charge in [-0.3, -0.25) is 4.39 Å². The van der Waals surface area contributed by atoms with E-state index < -0.39 is 17.5 Å². The number of pyridine rings is 2. The number of hydrogen-bond donors (Lipinski definition) is 0. The molecule has 1 radical (unpaired) electrons. The molecular weight excluding hydrogens is 626 g/mol. The molecule has 0 saturated heterocycles. The quantitative estimate of drug-likeness (QED) is 0.150. The second-order valence-electron chi connectivity index (χ2n) is 7.36. The molecule has 2 nitrogen and oxygen atoms in total. The number of benzene rings is 3. The van der Waals surface area contributed by atoms with E-state index in [1.807, 2.05) is 79.7 Å². The molecule has 35 heavy (non-hydrogen) atoms. The zero-order valence-corrected chi connectivity index (χ0v) is 21.0. The van der Waals surface area contributed by atoms with E-state index in [-0.39, 0.29) is 31.4 Å². The molecule has 0 unspecified atom stereocenters. The van der Waals surface area contributed by atoms with Crippen LogP contribution in [0, 0.1) is 36.5 Å². The molecule has 0 amide bonds. The molecule has 0 aliphatic heterocycles. The van der Waals surface area contributed by atoms with Gasteiger partial charge < -0.3 is 9.97 Å². The third-order valence-electron chi connectivity index (χ3n) is 5.04. The molecule has 2 aromatic heterocycles. The summed E-state index contributed by atoms with van der Waals surface area (Å²) in [5.41, 5.74) is 4.12. The van der Waals surface area contributed by atoms with Crippen LogP contribution in [0.2, 0.25) is 0 Å². The van der Waals surface area contributed by atoms with Crippen LogP contribution in [-0.2, 0) is 20.1 Å². The first-order valence-corrected chi connectivity index (χ1v) is 10.5. The van der Waals surface area contributed by atoms with E-state index in [1.54, 1.807) is 12.3 Å². The Hall–Kier alpha value is -3.60. The van der Waals surface area contributed by atoms with Crippen molar-refractivity contribution in [3.05, 3.63) is 132 Å². The van der Waals surface area contributed by atoms with Gasteiger partial charge >= 0.3 is 0 Å². The fourth-order valence-corrected chi connectivity index (χ4v) is 3.46. The van der Waals surface area contributed by atoms with E-state index in [4.69, 9.17) is 0 Å². The summed E-state index contributed by atoms with van der Waals surface area (Å²) in [6.07, 6.45) is 3.27. The molecule has 0 bridgehead atoms. The number of aromatic nitrogens is 2. The summed E-state index contributed by atoms with van der Waals surface area (Å²) in [5.74, 6) is -3.37. The summed E-state index contributed by atoms with van der Waals surface area (Å²) < 4.78 is 41.0. The Morgan fingerprint density at radius 2 is 1.51 bits per heavy atom. The normalized spacial score (nSPS) is 10.1. The minimum absolute atomic E-state index is 0. The number of nitrogens with zero attached hydrogens (tertiary/aromatic N) is 2. The van der Waals surface area contributed by atoms with E-state index in [1.165, 1.54) is 6.20 Å². The van der Waals surface area contributed by atoms with Crippen molar-refractivity contribution in [1.82, 2.24) is 9.97 Å². The van der Waals surface area contributed by atoms with Crippen LogP contribution in [0.5, 0.6) is 0 Å². The Morgan fingerprint density at radius 3 is 2.20 bits per heavy atom. The summed E-state index contributed by atoms with van der Waals surface area (Å²) in [6, 6.07) is 30.5.